The summed E-state index contributed by atoms with van der Waals surface area (Å²) in [5, 5.41) is 7.16. The first-order valence-corrected chi connectivity index (χ1v) is 10.0. The summed E-state index contributed by atoms with van der Waals surface area (Å²) in [5.41, 5.74) is 0. The highest BCUT2D eigenvalue weighted by atomic mass is 32.1. The average Bonchev–Trinajstić information content (AvgIpc) is 3.23. The van der Waals surface area contributed by atoms with Crippen LogP contribution in [0.15, 0.2) is 6.07 Å². The smallest absolute Gasteiger partial charge is 0.232 e. The molecule has 0 aromatic carbocycles. The summed E-state index contributed by atoms with van der Waals surface area (Å²) >= 11 is 5.42. The van der Waals surface area contributed by atoms with E-state index in [0.717, 1.165) is 37.8 Å². The summed E-state index contributed by atoms with van der Waals surface area (Å²) in [6.45, 7) is 6.63. The highest BCUT2D eigenvalue weighted by Gasteiger charge is 2.24. The summed E-state index contributed by atoms with van der Waals surface area (Å²) in [6, 6.07) is 2.69. The summed E-state index contributed by atoms with van der Waals surface area (Å²) in [5.74, 6) is 3.39. The van der Waals surface area contributed by atoms with Gasteiger partial charge in [0.1, 0.15) is 11.6 Å². The van der Waals surface area contributed by atoms with E-state index in [1.807, 2.05) is 0 Å². The van der Waals surface area contributed by atoms with Crippen molar-refractivity contribution in [1.29, 1.82) is 0 Å². The predicted molar refractivity (Wildman–Crippen MR) is 106 cm³/mol. The number of nitrogens with zero attached hydrogens (tertiary/aromatic N) is 4. The van der Waals surface area contributed by atoms with Gasteiger partial charge in [0.05, 0.1) is 0 Å². The van der Waals surface area contributed by atoms with Crippen molar-refractivity contribution < 1.29 is 0 Å². The molecule has 0 amide bonds. The second-order valence-electron chi connectivity index (χ2n) is 7.67. The first-order chi connectivity index (χ1) is 12.2. The van der Waals surface area contributed by atoms with Gasteiger partial charge in [-0.25, -0.2) is 0 Å². The molecule has 2 aliphatic heterocycles. The van der Waals surface area contributed by atoms with Crippen molar-refractivity contribution in [1.82, 2.24) is 15.3 Å². The predicted octanol–water partition coefficient (Wildman–Crippen LogP) is 2.76. The Morgan fingerprint density at radius 3 is 2.40 bits per heavy atom. The second kappa shape index (κ2) is 7.32. The molecular weight excluding hydrogens is 332 g/mol. The maximum Gasteiger partial charge on any atom is 0.232 e. The van der Waals surface area contributed by atoms with Crippen molar-refractivity contribution in [2.45, 2.75) is 51.5 Å². The van der Waals surface area contributed by atoms with Crippen LogP contribution in [0.5, 0.6) is 0 Å². The molecule has 3 heterocycles. The molecule has 1 saturated carbocycles. The molecule has 1 aromatic heterocycles. The number of aromatic nitrogens is 2. The minimum atomic E-state index is 0.532. The van der Waals surface area contributed by atoms with E-state index in [4.69, 9.17) is 22.2 Å². The molecule has 0 radical (unpaired) electrons. The number of piperidine rings is 1. The lowest BCUT2D eigenvalue weighted by Gasteiger charge is -2.32. The Hall–Kier alpha value is -1.63. The number of rotatable bonds is 4. The zero-order valence-electron chi connectivity index (χ0n) is 15.0. The van der Waals surface area contributed by atoms with Gasteiger partial charge in [-0.05, 0) is 56.7 Å². The topological polar surface area (TPSA) is 56.3 Å². The fraction of sp³-hybridized carbons (Fsp3) is 0.722. The number of thiocarbonyl (C=S) groups is 1. The molecule has 1 aliphatic carbocycles. The van der Waals surface area contributed by atoms with Gasteiger partial charge in [0.25, 0.3) is 0 Å². The third-order valence-corrected chi connectivity index (χ3v) is 5.47. The highest BCUT2D eigenvalue weighted by molar-refractivity contribution is 7.80. The molecule has 1 aromatic rings. The third-order valence-electron chi connectivity index (χ3n) is 5.25. The largest absolute Gasteiger partial charge is 0.360 e. The molecule has 3 fully saturated rings. The average molecular weight is 361 g/mol. The Morgan fingerprint density at radius 1 is 1.04 bits per heavy atom. The summed E-state index contributed by atoms with van der Waals surface area (Å²) in [6.07, 6.45) is 7.42. The Labute approximate surface area is 155 Å². The molecule has 0 unspecified atom stereocenters. The fourth-order valence-corrected chi connectivity index (χ4v) is 3.95. The quantitative estimate of drug-likeness (QED) is 0.801. The number of hydrogen-bond acceptors (Lipinski definition) is 5. The van der Waals surface area contributed by atoms with E-state index in [-0.39, 0.29) is 0 Å². The molecule has 2 N–H and O–H groups in total. The van der Waals surface area contributed by atoms with Crippen LogP contribution in [0.4, 0.5) is 17.6 Å². The van der Waals surface area contributed by atoms with Crippen molar-refractivity contribution in [2.75, 3.05) is 41.3 Å². The van der Waals surface area contributed by atoms with Gasteiger partial charge in [-0.2, -0.15) is 9.97 Å². The molecule has 3 aliphatic rings. The number of anilines is 3. The molecule has 25 heavy (non-hydrogen) atoms. The Balaban J connectivity index is 1.56. The van der Waals surface area contributed by atoms with Crippen LogP contribution in [-0.4, -0.2) is 47.3 Å². The van der Waals surface area contributed by atoms with Crippen LogP contribution in [0, 0.1) is 5.92 Å². The third kappa shape index (κ3) is 4.32. The van der Waals surface area contributed by atoms with E-state index in [9.17, 15) is 0 Å². The Morgan fingerprint density at radius 2 is 1.72 bits per heavy atom. The lowest BCUT2D eigenvalue weighted by atomic mass is 10.0. The van der Waals surface area contributed by atoms with Crippen molar-refractivity contribution in [2.24, 2.45) is 5.92 Å². The monoisotopic (exact) mass is 360 g/mol. The first kappa shape index (κ1) is 16.8. The SMILES string of the molecule is C[C@H]1CCCN(c2cc(N3CCCC3)nc(NC(=S)NC3CC3)n2)C1. The zero-order chi connectivity index (χ0) is 17.2. The van der Waals surface area contributed by atoms with Crippen molar-refractivity contribution >= 4 is 34.9 Å². The zero-order valence-corrected chi connectivity index (χ0v) is 15.8. The molecule has 0 spiro atoms. The molecule has 136 valence electrons. The molecule has 6 nitrogen and oxygen atoms in total. The molecule has 2 saturated heterocycles. The highest BCUT2D eigenvalue weighted by Crippen LogP contribution is 2.27. The number of nitrogens with one attached hydrogen (secondary N) is 2. The van der Waals surface area contributed by atoms with Crippen LogP contribution in [0.1, 0.15) is 45.4 Å². The van der Waals surface area contributed by atoms with Crippen molar-refractivity contribution in [3.05, 3.63) is 6.07 Å². The van der Waals surface area contributed by atoms with Gasteiger partial charge in [0, 0.05) is 38.3 Å². The molecule has 7 heteroatoms. The van der Waals surface area contributed by atoms with E-state index >= 15 is 0 Å². The normalized spacial score (nSPS) is 23.6. The van der Waals surface area contributed by atoms with Crippen LogP contribution < -0.4 is 20.4 Å². The van der Waals surface area contributed by atoms with E-state index < -0.39 is 0 Å². The van der Waals surface area contributed by atoms with E-state index in [2.05, 4.69) is 33.4 Å². The van der Waals surface area contributed by atoms with E-state index in [1.165, 1.54) is 38.5 Å². The molecule has 1 atom stereocenters. The van der Waals surface area contributed by atoms with Crippen molar-refractivity contribution in [3.63, 3.8) is 0 Å². The maximum absolute atomic E-state index is 5.42. The standard InChI is InChI=1S/C18H28N6S/c1-13-5-4-10-24(12-13)16-11-15(23-8-2-3-9-23)20-17(21-16)22-18(25)19-14-6-7-14/h11,13-14H,2-10,12H2,1H3,(H2,19,20,21,22,25)/t13-/m0/s1. The van der Waals surface area contributed by atoms with Crippen LogP contribution in [-0.2, 0) is 0 Å². The summed E-state index contributed by atoms with van der Waals surface area (Å²) in [4.78, 5) is 14.3. The first-order valence-electron chi connectivity index (χ1n) is 9.64. The van der Waals surface area contributed by atoms with Crippen LogP contribution in [0.2, 0.25) is 0 Å². The van der Waals surface area contributed by atoms with Gasteiger partial charge in [-0.3, -0.25) is 0 Å². The van der Waals surface area contributed by atoms with Gasteiger partial charge < -0.3 is 20.4 Å². The molecular formula is C18H28N6S. The van der Waals surface area contributed by atoms with E-state index in [0.29, 0.717) is 23.0 Å². The number of hydrogen-bond donors (Lipinski definition) is 2. The molecule has 0 bridgehead atoms. The Kier molecular flexibility index (Phi) is 4.92. The van der Waals surface area contributed by atoms with Crippen LogP contribution in [0.25, 0.3) is 0 Å². The fourth-order valence-electron chi connectivity index (χ4n) is 3.70. The van der Waals surface area contributed by atoms with Gasteiger partial charge in [-0.1, -0.05) is 6.92 Å². The van der Waals surface area contributed by atoms with Crippen molar-refractivity contribution in [3.8, 4) is 0 Å². The van der Waals surface area contributed by atoms with Crippen LogP contribution >= 0.6 is 12.2 Å². The second-order valence-corrected chi connectivity index (χ2v) is 8.08. The minimum Gasteiger partial charge on any atom is -0.360 e. The van der Waals surface area contributed by atoms with Gasteiger partial charge in [-0.15, -0.1) is 0 Å². The van der Waals surface area contributed by atoms with Gasteiger partial charge in [0.15, 0.2) is 5.11 Å². The maximum atomic E-state index is 5.42. The summed E-state index contributed by atoms with van der Waals surface area (Å²) < 4.78 is 0. The van der Waals surface area contributed by atoms with Gasteiger partial charge >= 0.3 is 0 Å². The summed E-state index contributed by atoms with van der Waals surface area (Å²) in [7, 11) is 0. The van der Waals surface area contributed by atoms with Gasteiger partial charge in [0.2, 0.25) is 5.95 Å². The van der Waals surface area contributed by atoms with E-state index in [1.54, 1.807) is 0 Å². The lowest BCUT2D eigenvalue weighted by Crippen LogP contribution is -2.36. The van der Waals surface area contributed by atoms with Crippen LogP contribution in [0.3, 0.4) is 0 Å². The Bertz CT molecular complexity index is 626. The minimum absolute atomic E-state index is 0.532. The lowest BCUT2D eigenvalue weighted by molar-refractivity contribution is 0.444. The molecule has 4 rings (SSSR count).